The molecular weight excluding hydrogens is 351 g/mol. The molecule has 2 rings (SSSR count). The molecule has 25 heavy (non-hydrogen) atoms. The van der Waals surface area contributed by atoms with Crippen LogP contribution in [0.4, 0.5) is 10.2 Å². The van der Waals surface area contributed by atoms with E-state index in [2.05, 4.69) is 68.0 Å². The largest absolute Gasteiger partial charge is 0.381 e. The van der Waals surface area contributed by atoms with Crippen molar-refractivity contribution in [2.24, 2.45) is 0 Å². The normalized spacial score (nSPS) is 11.9. The van der Waals surface area contributed by atoms with Gasteiger partial charge in [0.15, 0.2) is 28.2 Å². The van der Waals surface area contributed by atoms with Gasteiger partial charge in [0, 0.05) is 11.6 Å². The Morgan fingerprint density at radius 2 is 1.68 bits per heavy atom. The summed E-state index contributed by atoms with van der Waals surface area (Å²) in [5, 5.41) is 2.42. The van der Waals surface area contributed by atoms with Gasteiger partial charge in [0.2, 0.25) is 0 Å². The Balaban J connectivity index is 2.58. The molecule has 2 aromatic heterocycles. The van der Waals surface area contributed by atoms with Crippen LogP contribution >= 0.6 is 11.3 Å². The Hall–Kier alpha value is -1.78. The molecule has 0 fully saturated rings. The van der Waals surface area contributed by atoms with Crippen LogP contribution in [0.2, 0.25) is 16.6 Å². The van der Waals surface area contributed by atoms with E-state index < -0.39 is 13.9 Å². The van der Waals surface area contributed by atoms with E-state index in [4.69, 9.17) is 5.73 Å². The zero-order valence-corrected chi connectivity index (χ0v) is 17.4. The second kappa shape index (κ2) is 7.62. The standard InChI is InChI=1S/C18H25FN4SSi/c1-11(2)25(12(3)4,13(5)6)10-7-14-15(19)16(20)23-17(22-14)18-21-8-9-24-18/h8-9,11-13H,1-6H3,(H2,20,22,23). The Kier molecular flexibility index (Phi) is 5.96. The number of hydrogen-bond acceptors (Lipinski definition) is 5. The molecule has 7 heteroatoms. The minimum absolute atomic E-state index is 0.0662. The molecule has 0 radical (unpaired) electrons. The summed E-state index contributed by atoms with van der Waals surface area (Å²) in [6.45, 7) is 13.3. The molecule has 0 aliphatic heterocycles. The van der Waals surface area contributed by atoms with Crippen LogP contribution in [0.15, 0.2) is 11.6 Å². The van der Waals surface area contributed by atoms with Crippen molar-refractivity contribution in [3.8, 4) is 22.3 Å². The molecular formula is C18H25FN4SSi. The van der Waals surface area contributed by atoms with E-state index in [1.807, 2.05) is 5.38 Å². The topological polar surface area (TPSA) is 64.7 Å². The van der Waals surface area contributed by atoms with Gasteiger partial charge in [-0.2, -0.15) is 4.39 Å². The minimum Gasteiger partial charge on any atom is -0.381 e. The number of thiazole rings is 1. The van der Waals surface area contributed by atoms with E-state index in [1.165, 1.54) is 11.3 Å². The molecule has 0 atom stereocenters. The van der Waals surface area contributed by atoms with Gasteiger partial charge < -0.3 is 5.73 Å². The smallest absolute Gasteiger partial charge is 0.199 e. The van der Waals surface area contributed by atoms with Gasteiger partial charge in [-0.3, -0.25) is 0 Å². The average Bonchev–Trinajstić information content (AvgIpc) is 3.04. The molecule has 0 saturated carbocycles. The molecule has 2 N–H and O–H groups in total. The highest BCUT2D eigenvalue weighted by molar-refractivity contribution is 7.13. The molecule has 0 saturated heterocycles. The van der Waals surface area contributed by atoms with Crippen LogP contribution in [0.5, 0.6) is 0 Å². The van der Waals surface area contributed by atoms with Crippen LogP contribution in [-0.2, 0) is 0 Å². The van der Waals surface area contributed by atoms with Gasteiger partial charge in [-0.05, 0) is 16.6 Å². The van der Waals surface area contributed by atoms with Crippen molar-refractivity contribution in [3.05, 3.63) is 23.1 Å². The summed E-state index contributed by atoms with van der Waals surface area (Å²) in [4.78, 5) is 12.5. The third kappa shape index (κ3) is 3.75. The van der Waals surface area contributed by atoms with Crippen LogP contribution in [0, 0.1) is 17.3 Å². The van der Waals surface area contributed by atoms with Gasteiger partial charge in [0.1, 0.15) is 8.07 Å². The van der Waals surface area contributed by atoms with E-state index in [1.54, 1.807) is 6.20 Å². The fourth-order valence-electron chi connectivity index (χ4n) is 3.58. The molecule has 2 aromatic rings. The van der Waals surface area contributed by atoms with Crippen molar-refractivity contribution in [1.82, 2.24) is 15.0 Å². The highest BCUT2D eigenvalue weighted by atomic mass is 32.1. The van der Waals surface area contributed by atoms with Crippen molar-refractivity contribution in [2.45, 2.75) is 58.2 Å². The van der Waals surface area contributed by atoms with E-state index in [9.17, 15) is 4.39 Å². The lowest BCUT2D eigenvalue weighted by Gasteiger charge is -2.38. The summed E-state index contributed by atoms with van der Waals surface area (Å²) in [5.41, 5.74) is 10.7. The molecule has 0 aliphatic carbocycles. The maximum atomic E-state index is 14.4. The monoisotopic (exact) mass is 376 g/mol. The zero-order chi connectivity index (χ0) is 18.8. The quantitative estimate of drug-likeness (QED) is 0.609. The predicted octanol–water partition coefficient (Wildman–Crippen LogP) is 4.89. The Morgan fingerprint density at radius 1 is 1.08 bits per heavy atom. The van der Waals surface area contributed by atoms with Gasteiger partial charge in [0.25, 0.3) is 0 Å². The van der Waals surface area contributed by atoms with Crippen LogP contribution in [0.3, 0.4) is 0 Å². The second-order valence-electron chi connectivity index (χ2n) is 7.08. The number of nitrogen functional groups attached to an aromatic ring is 1. The highest BCUT2D eigenvalue weighted by Gasteiger charge is 2.41. The number of nitrogens with two attached hydrogens (primary N) is 1. The Bertz CT molecular complexity index is 770. The second-order valence-corrected chi connectivity index (χ2v) is 13.6. The summed E-state index contributed by atoms with van der Waals surface area (Å²) in [6, 6.07) is 0. The highest BCUT2D eigenvalue weighted by Crippen LogP contribution is 2.40. The average molecular weight is 377 g/mol. The summed E-state index contributed by atoms with van der Waals surface area (Å²) >= 11 is 1.38. The van der Waals surface area contributed by atoms with E-state index in [-0.39, 0.29) is 11.5 Å². The molecule has 0 spiro atoms. The van der Waals surface area contributed by atoms with Crippen molar-refractivity contribution in [1.29, 1.82) is 0 Å². The lowest BCUT2D eigenvalue weighted by atomic mass is 10.3. The molecule has 2 heterocycles. The van der Waals surface area contributed by atoms with Crippen LogP contribution in [-0.4, -0.2) is 23.0 Å². The van der Waals surface area contributed by atoms with E-state index >= 15 is 0 Å². The van der Waals surface area contributed by atoms with Crippen molar-refractivity contribution in [3.63, 3.8) is 0 Å². The summed E-state index contributed by atoms with van der Waals surface area (Å²) in [5.74, 6) is 2.52. The first-order valence-electron chi connectivity index (χ1n) is 8.46. The molecule has 134 valence electrons. The van der Waals surface area contributed by atoms with Gasteiger partial charge in [0.05, 0.1) is 0 Å². The molecule has 0 unspecified atom stereocenters. The third-order valence-electron chi connectivity index (χ3n) is 4.76. The van der Waals surface area contributed by atoms with Crippen LogP contribution < -0.4 is 5.73 Å². The predicted molar refractivity (Wildman–Crippen MR) is 105 cm³/mol. The molecule has 0 amide bonds. The van der Waals surface area contributed by atoms with Crippen LogP contribution in [0.1, 0.15) is 47.2 Å². The molecule has 4 nitrogen and oxygen atoms in total. The zero-order valence-electron chi connectivity index (χ0n) is 15.6. The number of aromatic nitrogens is 3. The number of rotatable bonds is 4. The van der Waals surface area contributed by atoms with Gasteiger partial charge in [-0.25, -0.2) is 15.0 Å². The lowest BCUT2D eigenvalue weighted by Crippen LogP contribution is -2.43. The summed E-state index contributed by atoms with van der Waals surface area (Å²) in [7, 11) is -1.98. The lowest BCUT2D eigenvalue weighted by molar-refractivity contribution is 0.616. The maximum Gasteiger partial charge on any atom is 0.199 e. The van der Waals surface area contributed by atoms with E-state index in [0.29, 0.717) is 27.5 Å². The number of halogens is 1. The summed E-state index contributed by atoms with van der Waals surface area (Å²) < 4.78 is 14.4. The number of nitrogens with zero attached hydrogens (tertiary/aromatic N) is 3. The molecule has 0 bridgehead atoms. The molecule has 0 aliphatic rings. The SMILES string of the molecule is CC(C)[Si](C#Cc1nc(-c2nccs2)nc(N)c1F)(C(C)C)C(C)C. The van der Waals surface area contributed by atoms with Crippen molar-refractivity contribution >= 4 is 25.2 Å². The Labute approximate surface area is 154 Å². The van der Waals surface area contributed by atoms with Crippen LogP contribution in [0.25, 0.3) is 10.8 Å². The maximum absolute atomic E-state index is 14.4. The Morgan fingerprint density at radius 3 is 2.16 bits per heavy atom. The minimum atomic E-state index is -1.98. The van der Waals surface area contributed by atoms with Crippen molar-refractivity contribution < 1.29 is 4.39 Å². The fraction of sp³-hybridized carbons (Fsp3) is 0.500. The van der Waals surface area contributed by atoms with Crippen molar-refractivity contribution in [2.75, 3.05) is 5.73 Å². The molecule has 0 aromatic carbocycles. The first-order valence-corrected chi connectivity index (χ1v) is 11.6. The van der Waals surface area contributed by atoms with Gasteiger partial charge in [-0.1, -0.05) is 47.5 Å². The summed E-state index contributed by atoms with van der Waals surface area (Å²) in [6.07, 6.45) is 1.66. The fourth-order valence-corrected chi connectivity index (χ4v) is 9.35. The number of anilines is 1. The van der Waals surface area contributed by atoms with Gasteiger partial charge in [-0.15, -0.1) is 16.9 Å². The third-order valence-corrected chi connectivity index (χ3v) is 11.8. The van der Waals surface area contributed by atoms with E-state index in [0.717, 1.165) is 0 Å². The van der Waals surface area contributed by atoms with Gasteiger partial charge >= 0.3 is 0 Å². The number of hydrogen-bond donors (Lipinski definition) is 1. The first-order chi connectivity index (χ1) is 11.7. The first kappa shape index (κ1) is 19.5.